The van der Waals surface area contributed by atoms with Crippen molar-refractivity contribution in [2.45, 2.75) is 32.4 Å². The number of aromatic nitrogens is 3. The smallest absolute Gasteiger partial charge is 0.161 e. The van der Waals surface area contributed by atoms with Crippen LogP contribution >= 0.6 is 0 Å². The van der Waals surface area contributed by atoms with Crippen LogP contribution in [0.2, 0.25) is 0 Å². The Labute approximate surface area is 205 Å². The van der Waals surface area contributed by atoms with E-state index in [4.69, 9.17) is 0 Å². The molecule has 3 heterocycles. The fourth-order valence-corrected chi connectivity index (χ4v) is 4.86. The molecule has 0 bridgehead atoms. The molecule has 36 heavy (non-hydrogen) atoms. The van der Waals surface area contributed by atoms with Crippen LogP contribution in [0.3, 0.4) is 0 Å². The van der Waals surface area contributed by atoms with E-state index in [0.717, 1.165) is 30.3 Å². The van der Waals surface area contributed by atoms with Crippen molar-refractivity contribution in [1.82, 2.24) is 20.3 Å². The molecule has 1 aliphatic rings. The van der Waals surface area contributed by atoms with Gasteiger partial charge in [0.2, 0.25) is 0 Å². The van der Waals surface area contributed by atoms with Crippen molar-refractivity contribution in [3.63, 3.8) is 0 Å². The Bertz CT molecular complexity index is 1400. The van der Waals surface area contributed by atoms with Crippen molar-refractivity contribution in [1.29, 1.82) is 0 Å². The van der Waals surface area contributed by atoms with Gasteiger partial charge in [-0.1, -0.05) is 6.92 Å². The van der Waals surface area contributed by atoms with Crippen LogP contribution in [0.4, 0.5) is 23.2 Å². The van der Waals surface area contributed by atoms with Crippen LogP contribution in [-0.4, -0.2) is 51.8 Å². The summed E-state index contributed by atoms with van der Waals surface area (Å²) in [6.45, 7) is 5.13. The summed E-state index contributed by atoms with van der Waals surface area (Å²) in [5.41, 5.74) is 2.32. The molecular weight excluding hydrogens is 474 g/mol. The van der Waals surface area contributed by atoms with Gasteiger partial charge in [-0.2, -0.15) is 0 Å². The van der Waals surface area contributed by atoms with Gasteiger partial charge in [0.05, 0.1) is 34.1 Å². The number of hydrogen-bond acceptors (Lipinski definition) is 5. The van der Waals surface area contributed by atoms with Gasteiger partial charge in [-0.25, -0.2) is 22.5 Å². The summed E-state index contributed by atoms with van der Waals surface area (Å²) in [6.07, 6.45) is 1.36. The summed E-state index contributed by atoms with van der Waals surface area (Å²) < 4.78 is 56.9. The van der Waals surface area contributed by atoms with Crippen LogP contribution in [0.5, 0.6) is 0 Å². The van der Waals surface area contributed by atoms with E-state index in [1.807, 2.05) is 11.8 Å². The topological polar surface area (TPSA) is 77.1 Å². The maximum absolute atomic E-state index is 15.0. The lowest BCUT2D eigenvalue weighted by Crippen LogP contribution is -2.53. The highest BCUT2D eigenvalue weighted by Crippen LogP contribution is 2.42. The zero-order chi connectivity index (χ0) is 25.6. The maximum atomic E-state index is 15.0. The third kappa shape index (κ3) is 4.31. The zero-order valence-corrected chi connectivity index (χ0v) is 19.7. The Hall–Kier alpha value is -3.50. The number of H-pyrrole nitrogens is 1. The monoisotopic (exact) mass is 499 g/mol. The van der Waals surface area contributed by atoms with Gasteiger partial charge >= 0.3 is 0 Å². The van der Waals surface area contributed by atoms with Crippen LogP contribution in [-0.2, 0) is 0 Å². The number of nitrogens with zero attached hydrogens (tertiary/aromatic N) is 3. The minimum Gasteiger partial charge on any atom is -0.390 e. The first-order chi connectivity index (χ1) is 17.3. The molecule has 10 heteroatoms. The van der Waals surface area contributed by atoms with Crippen molar-refractivity contribution in [3.8, 4) is 22.5 Å². The normalized spacial score (nSPS) is 18.2. The predicted molar refractivity (Wildman–Crippen MR) is 130 cm³/mol. The van der Waals surface area contributed by atoms with E-state index in [1.54, 1.807) is 6.92 Å². The Morgan fingerprint density at radius 3 is 2.61 bits per heavy atom. The fraction of sp³-hybridized carbons (Fsp3) is 0.308. The SMILES string of the molecule is CCN[C@@H]1CCN(c2c(-c3cc(F)ccc3F)cnc(C)c2-c2nc3cc(F)c(F)cc3[nH]2)C[C@@H]1O. The number of aliphatic hydroxyl groups is 1. The largest absolute Gasteiger partial charge is 0.390 e. The van der Waals surface area contributed by atoms with E-state index in [1.165, 1.54) is 6.20 Å². The molecule has 1 aliphatic heterocycles. The van der Waals surface area contributed by atoms with E-state index >= 15 is 0 Å². The number of aromatic amines is 1. The first-order valence-corrected chi connectivity index (χ1v) is 11.7. The standard InChI is InChI=1S/C26H25F4N5O/c1-3-31-20-6-7-35(12-23(20)36)25-16(15-8-14(27)4-5-17(15)28)11-32-13(2)24(25)26-33-21-9-18(29)19(30)10-22(21)34-26/h4-5,8-11,20,23,31,36H,3,6-7,12H2,1-2H3,(H,33,34)/t20-,23+/m1/s1. The summed E-state index contributed by atoms with van der Waals surface area (Å²) in [4.78, 5) is 13.8. The third-order valence-electron chi connectivity index (χ3n) is 6.58. The number of benzene rings is 2. The van der Waals surface area contributed by atoms with Gasteiger partial charge in [0.15, 0.2) is 11.6 Å². The van der Waals surface area contributed by atoms with Gasteiger partial charge < -0.3 is 20.3 Å². The number of rotatable bonds is 5. The number of anilines is 1. The van der Waals surface area contributed by atoms with Gasteiger partial charge in [0.25, 0.3) is 0 Å². The number of likely N-dealkylation sites (N-methyl/N-ethyl adjacent to an activating group) is 1. The van der Waals surface area contributed by atoms with Gasteiger partial charge in [-0.3, -0.25) is 4.98 Å². The summed E-state index contributed by atoms with van der Waals surface area (Å²) >= 11 is 0. The molecule has 2 aromatic carbocycles. The lowest BCUT2D eigenvalue weighted by atomic mass is 9.95. The fourth-order valence-electron chi connectivity index (χ4n) is 4.86. The first kappa shape index (κ1) is 24.2. The molecule has 0 aliphatic carbocycles. The number of halogens is 4. The van der Waals surface area contributed by atoms with E-state index in [9.17, 15) is 22.7 Å². The molecule has 1 fully saturated rings. The third-order valence-corrected chi connectivity index (χ3v) is 6.58. The number of hydrogen-bond donors (Lipinski definition) is 3. The lowest BCUT2D eigenvalue weighted by Gasteiger charge is -2.39. The van der Waals surface area contributed by atoms with Crippen molar-refractivity contribution >= 4 is 16.7 Å². The van der Waals surface area contributed by atoms with Crippen LogP contribution in [0.25, 0.3) is 33.5 Å². The van der Waals surface area contributed by atoms with E-state index in [0.29, 0.717) is 42.0 Å². The minimum atomic E-state index is -1.03. The number of pyridine rings is 1. The highest BCUT2D eigenvalue weighted by atomic mass is 19.2. The van der Waals surface area contributed by atoms with E-state index in [-0.39, 0.29) is 35.0 Å². The molecule has 2 atom stereocenters. The second kappa shape index (κ2) is 9.51. The summed E-state index contributed by atoms with van der Waals surface area (Å²) in [6, 6.07) is 5.09. The zero-order valence-electron chi connectivity index (χ0n) is 19.7. The Morgan fingerprint density at radius 1 is 1.08 bits per heavy atom. The summed E-state index contributed by atoms with van der Waals surface area (Å²) in [7, 11) is 0. The molecule has 0 amide bonds. The van der Waals surface area contributed by atoms with Crippen molar-refractivity contribution in [2.75, 3.05) is 24.5 Å². The molecule has 0 unspecified atom stereocenters. The van der Waals surface area contributed by atoms with Gasteiger partial charge in [0, 0.05) is 48.6 Å². The number of imidazole rings is 1. The molecule has 6 nitrogen and oxygen atoms in total. The maximum Gasteiger partial charge on any atom is 0.161 e. The molecular formula is C26H25F4N5O. The number of nitrogens with one attached hydrogen (secondary N) is 2. The number of aliphatic hydroxyl groups excluding tert-OH is 1. The molecule has 0 radical (unpaired) electrons. The summed E-state index contributed by atoms with van der Waals surface area (Å²) in [5.74, 6) is -3.01. The van der Waals surface area contributed by atoms with Crippen LogP contribution in [0.15, 0.2) is 36.5 Å². The predicted octanol–water partition coefficient (Wildman–Crippen LogP) is 4.71. The number of aryl methyl sites for hydroxylation is 1. The molecule has 2 aromatic heterocycles. The average Bonchev–Trinajstić information content (AvgIpc) is 3.24. The van der Waals surface area contributed by atoms with Crippen molar-refractivity contribution < 1.29 is 22.7 Å². The number of β-amino-alcohol motifs (C(OH)–C–C–N with tert-alkyl or cyclic N) is 1. The lowest BCUT2D eigenvalue weighted by molar-refractivity contribution is 0.115. The first-order valence-electron chi connectivity index (χ1n) is 11.7. The molecule has 0 spiro atoms. The molecule has 5 rings (SSSR count). The second-order valence-electron chi connectivity index (χ2n) is 8.94. The quantitative estimate of drug-likeness (QED) is 0.347. The molecule has 188 valence electrons. The summed E-state index contributed by atoms with van der Waals surface area (Å²) in [5, 5.41) is 14.1. The van der Waals surface area contributed by atoms with Crippen LogP contribution < -0.4 is 10.2 Å². The van der Waals surface area contributed by atoms with Crippen LogP contribution in [0.1, 0.15) is 19.0 Å². The highest BCUT2D eigenvalue weighted by Gasteiger charge is 2.32. The van der Waals surface area contributed by atoms with Crippen molar-refractivity contribution in [3.05, 3.63) is 65.5 Å². The van der Waals surface area contributed by atoms with Gasteiger partial charge in [-0.05, 0) is 38.1 Å². The molecule has 4 aromatic rings. The Morgan fingerprint density at radius 2 is 1.86 bits per heavy atom. The molecule has 3 N–H and O–H groups in total. The van der Waals surface area contributed by atoms with E-state index in [2.05, 4.69) is 20.3 Å². The highest BCUT2D eigenvalue weighted by molar-refractivity contribution is 5.92. The Kier molecular flexibility index (Phi) is 6.40. The molecule has 0 saturated carbocycles. The number of piperidine rings is 1. The molecule has 1 saturated heterocycles. The second-order valence-corrected chi connectivity index (χ2v) is 8.94. The van der Waals surface area contributed by atoms with Crippen LogP contribution in [0, 0.1) is 30.2 Å². The van der Waals surface area contributed by atoms with Gasteiger partial charge in [0.1, 0.15) is 17.5 Å². The number of fused-ring (bicyclic) bond motifs is 1. The van der Waals surface area contributed by atoms with E-state index < -0.39 is 29.4 Å². The Balaban J connectivity index is 1.73. The van der Waals surface area contributed by atoms with Gasteiger partial charge in [-0.15, -0.1) is 0 Å². The minimum absolute atomic E-state index is 0.00949. The average molecular weight is 500 g/mol. The van der Waals surface area contributed by atoms with Crippen molar-refractivity contribution in [2.24, 2.45) is 0 Å².